The zero-order valence-corrected chi connectivity index (χ0v) is 20.1. The molecule has 0 aliphatic carbocycles. The summed E-state index contributed by atoms with van der Waals surface area (Å²) in [5.74, 6) is -1.83. The summed E-state index contributed by atoms with van der Waals surface area (Å²) in [7, 11) is 0. The Labute approximate surface area is 216 Å². The number of amides is 2. The van der Waals surface area contributed by atoms with Gasteiger partial charge in [-0.2, -0.15) is 13.2 Å². The number of nitrogens with two attached hydrogens (primary N) is 1. The van der Waals surface area contributed by atoms with Gasteiger partial charge in [0.2, 0.25) is 0 Å². The van der Waals surface area contributed by atoms with E-state index in [-0.39, 0.29) is 23.5 Å². The third kappa shape index (κ3) is 5.78. The predicted octanol–water partition coefficient (Wildman–Crippen LogP) is 4.31. The maximum atomic E-state index is 13.5. The molecule has 11 heteroatoms. The number of halogens is 3. The molecule has 0 radical (unpaired) electrons. The van der Waals surface area contributed by atoms with E-state index in [0.29, 0.717) is 24.5 Å². The molecule has 8 nitrogen and oxygen atoms in total. The van der Waals surface area contributed by atoms with E-state index in [1.165, 1.54) is 18.2 Å². The van der Waals surface area contributed by atoms with Crippen molar-refractivity contribution in [3.63, 3.8) is 0 Å². The Morgan fingerprint density at radius 1 is 1.00 bits per heavy atom. The molecule has 38 heavy (non-hydrogen) atoms. The highest BCUT2D eigenvalue weighted by atomic mass is 19.4. The van der Waals surface area contributed by atoms with Gasteiger partial charge in [0.25, 0.3) is 11.8 Å². The standard InChI is InChI=1S/C27H24F3N3O5/c28-27(29,30)19-2-1-3-20(15-19)33-23-9-6-18(17-4-7-21(8-5-17)38-13-11-31)14-22(23)26(37)32(16-24(33)34)12-10-25(35)36/h1-9,14-15H,10-13,16,31H2,(H,35,36). The number of nitrogens with zero attached hydrogens (tertiary/aromatic N) is 2. The van der Waals surface area contributed by atoms with Gasteiger partial charge in [0, 0.05) is 18.8 Å². The Morgan fingerprint density at radius 2 is 1.71 bits per heavy atom. The van der Waals surface area contributed by atoms with Gasteiger partial charge in [0.15, 0.2) is 0 Å². The van der Waals surface area contributed by atoms with Crippen LogP contribution in [0.2, 0.25) is 0 Å². The molecule has 3 N–H and O–H groups in total. The number of ether oxygens (including phenoxy) is 1. The molecule has 0 atom stereocenters. The van der Waals surface area contributed by atoms with Crippen LogP contribution in [0.4, 0.5) is 24.5 Å². The Balaban J connectivity index is 1.80. The van der Waals surface area contributed by atoms with Crippen molar-refractivity contribution in [3.05, 3.63) is 77.9 Å². The van der Waals surface area contributed by atoms with Crippen LogP contribution in [0, 0.1) is 0 Å². The average Bonchev–Trinajstić information content (AvgIpc) is 2.99. The van der Waals surface area contributed by atoms with Crippen LogP contribution in [-0.4, -0.2) is 54.0 Å². The molecule has 0 bridgehead atoms. The number of carboxylic acids is 1. The van der Waals surface area contributed by atoms with Gasteiger partial charge in [0.05, 0.1) is 23.2 Å². The monoisotopic (exact) mass is 527 g/mol. The number of aliphatic carboxylic acids is 1. The summed E-state index contributed by atoms with van der Waals surface area (Å²) >= 11 is 0. The Hall–Kier alpha value is -4.38. The first kappa shape index (κ1) is 26.7. The Bertz CT molecular complexity index is 1360. The van der Waals surface area contributed by atoms with E-state index in [1.54, 1.807) is 36.4 Å². The fraction of sp³-hybridized carbons (Fsp3) is 0.222. The zero-order valence-electron chi connectivity index (χ0n) is 20.1. The number of carbonyl (C=O) groups is 3. The van der Waals surface area contributed by atoms with Crippen LogP contribution in [0.25, 0.3) is 11.1 Å². The molecule has 0 unspecified atom stereocenters. The van der Waals surface area contributed by atoms with Gasteiger partial charge in [-0.1, -0.05) is 24.3 Å². The molecule has 0 saturated heterocycles. The minimum atomic E-state index is -4.64. The van der Waals surface area contributed by atoms with Crippen molar-refractivity contribution in [3.8, 4) is 16.9 Å². The first-order chi connectivity index (χ1) is 18.1. The van der Waals surface area contributed by atoms with E-state index in [0.717, 1.165) is 27.5 Å². The molecule has 3 aromatic rings. The van der Waals surface area contributed by atoms with Crippen molar-refractivity contribution in [1.29, 1.82) is 0 Å². The highest BCUT2D eigenvalue weighted by Crippen LogP contribution is 2.38. The number of fused-ring (bicyclic) bond motifs is 1. The average molecular weight is 527 g/mol. The van der Waals surface area contributed by atoms with E-state index in [4.69, 9.17) is 15.6 Å². The molecule has 1 aliphatic heterocycles. The number of alkyl halides is 3. The SMILES string of the molecule is NCCOc1ccc(-c2ccc3c(c2)C(=O)N(CCC(=O)O)CC(=O)N3c2cccc(C(F)(F)F)c2)cc1. The Kier molecular flexibility index (Phi) is 7.67. The van der Waals surface area contributed by atoms with E-state index >= 15 is 0 Å². The summed E-state index contributed by atoms with van der Waals surface area (Å²) in [6.45, 7) is -0.0425. The number of carboxylic acid groups (broad SMARTS) is 1. The Morgan fingerprint density at radius 3 is 2.37 bits per heavy atom. The fourth-order valence-corrected chi connectivity index (χ4v) is 4.13. The fourth-order valence-electron chi connectivity index (χ4n) is 4.13. The van der Waals surface area contributed by atoms with Gasteiger partial charge in [-0.3, -0.25) is 19.3 Å². The second-order valence-corrected chi connectivity index (χ2v) is 8.54. The van der Waals surface area contributed by atoms with Crippen molar-refractivity contribution in [1.82, 2.24) is 4.90 Å². The van der Waals surface area contributed by atoms with Gasteiger partial charge in [-0.05, 0) is 53.6 Å². The number of carbonyl (C=O) groups excluding carboxylic acids is 2. The minimum absolute atomic E-state index is 0.0552. The van der Waals surface area contributed by atoms with Gasteiger partial charge in [-0.15, -0.1) is 0 Å². The van der Waals surface area contributed by atoms with Gasteiger partial charge in [-0.25, -0.2) is 0 Å². The molecule has 0 fully saturated rings. The summed E-state index contributed by atoms with van der Waals surface area (Å²) in [6.07, 6.45) is -5.04. The molecule has 198 valence electrons. The first-order valence-corrected chi connectivity index (χ1v) is 11.7. The number of benzene rings is 3. The molecule has 1 heterocycles. The smallest absolute Gasteiger partial charge is 0.416 e. The summed E-state index contributed by atoms with van der Waals surface area (Å²) in [5.41, 5.74) is 5.93. The van der Waals surface area contributed by atoms with Crippen LogP contribution in [-0.2, 0) is 15.8 Å². The van der Waals surface area contributed by atoms with Gasteiger partial charge >= 0.3 is 12.1 Å². The normalized spacial score (nSPS) is 13.8. The predicted molar refractivity (Wildman–Crippen MR) is 133 cm³/mol. The number of anilines is 2. The molecule has 3 aromatic carbocycles. The van der Waals surface area contributed by atoms with Crippen LogP contribution < -0.4 is 15.4 Å². The maximum absolute atomic E-state index is 13.5. The van der Waals surface area contributed by atoms with Crippen molar-refractivity contribution in [2.45, 2.75) is 12.6 Å². The minimum Gasteiger partial charge on any atom is -0.492 e. The van der Waals surface area contributed by atoms with Crippen LogP contribution >= 0.6 is 0 Å². The number of hydrogen-bond donors (Lipinski definition) is 2. The van der Waals surface area contributed by atoms with Crippen molar-refractivity contribution >= 4 is 29.2 Å². The second-order valence-electron chi connectivity index (χ2n) is 8.54. The lowest BCUT2D eigenvalue weighted by Crippen LogP contribution is -2.38. The summed E-state index contributed by atoms with van der Waals surface area (Å²) < 4.78 is 45.7. The summed E-state index contributed by atoms with van der Waals surface area (Å²) in [6, 6.07) is 16.0. The highest BCUT2D eigenvalue weighted by molar-refractivity contribution is 6.13. The van der Waals surface area contributed by atoms with Crippen LogP contribution in [0.5, 0.6) is 5.75 Å². The maximum Gasteiger partial charge on any atom is 0.416 e. The molecule has 4 rings (SSSR count). The summed E-state index contributed by atoms with van der Waals surface area (Å²) in [5, 5.41) is 9.11. The van der Waals surface area contributed by atoms with Crippen LogP contribution in [0.3, 0.4) is 0 Å². The van der Waals surface area contributed by atoms with Crippen molar-refractivity contribution in [2.75, 3.05) is 31.1 Å². The van der Waals surface area contributed by atoms with E-state index in [9.17, 15) is 27.6 Å². The largest absolute Gasteiger partial charge is 0.492 e. The quantitative estimate of drug-likeness (QED) is 0.452. The number of rotatable bonds is 8. The molecule has 1 aliphatic rings. The lowest BCUT2D eigenvalue weighted by atomic mass is 10.00. The van der Waals surface area contributed by atoms with E-state index in [1.807, 2.05) is 0 Å². The first-order valence-electron chi connectivity index (χ1n) is 11.7. The topological polar surface area (TPSA) is 113 Å². The summed E-state index contributed by atoms with van der Waals surface area (Å²) in [4.78, 5) is 40.1. The van der Waals surface area contributed by atoms with Crippen LogP contribution in [0.1, 0.15) is 22.3 Å². The highest BCUT2D eigenvalue weighted by Gasteiger charge is 2.35. The van der Waals surface area contributed by atoms with Gasteiger partial charge in [0.1, 0.15) is 18.9 Å². The van der Waals surface area contributed by atoms with Crippen molar-refractivity contribution < 1.29 is 37.4 Å². The molecule has 0 aromatic heterocycles. The van der Waals surface area contributed by atoms with Gasteiger partial charge < -0.3 is 20.5 Å². The third-order valence-corrected chi connectivity index (χ3v) is 5.93. The second kappa shape index (κ2) is 10.9. The van der Waals surface area contributed by atoms with E-state index in [2.05, 4.69) is 0 Å². The molecular weight excluding hydrogens is 503 g/mol. The lowest BCUT2D eigenvalue weighted by molar-refractivity contribution is -0.138. The molecule has 2 amide bonds. The zero-order chi connectivity index (χ0) is 27.4. The molecule has 0 spiro atoms. The van der Waals surface area contributed by atoms with E-state index < -0.39 is 42.5 Å². The lowest BCUT2D eigenvalue weighted by Gasteiger charge is -2.24. The van der Waals surface area contributed by atoms with Crippen LogP contribution in [0.15, 0.2) is 66.7 Å². The molecule has 0 saturated carbocycles. The number of hydrogen-bond acceptors (Lipinski definition) is 5. The van der Waals surface area contributed by atoms with Crippen molar-refractivity contribution in [2.24, 2.45) is 5.73 Å². The third-order valence-electron chi connectivity index (χ3n) is 5.93. The molecular formula is C27H24F3N3O5.